The zero-order chi connectivity index (χ0) is 22.5. The van der Waals surface area contributed by atoms with Crippen molar-refractivity contribution in [2.75, 3.05) is 13.7 Å². The van der Waals surface area contributed by atoms with E-state index in [1.165, 1.54) is 31.6 Å². The predicted molar refractivity (Wildman–Crippen MR) is 118 cm³/mol. The minimum Gasteiger partial charge on any atom is -0.496 e. The number of ether oxygens (including phenoxy) is 4. The normalized spacial score (nSPS) is 10.6. The van der Waals surface area contributed by atoms with Crippen LogP contribution in [0.5, 0.6) is 28.7 Å². The Morgan fingerprint density at radius 2 is 1.62 bits per heavy atom. The second kappa shape index (κ2) is 9.26. The highest BCUT2D eigenvalue weighted by Gasteiger charge is 2.16. The molecule has 3 aromatic carbocycles. The maximum absolute atomic E-state index is 12.9. The molecule has 0 fully saturated rings. The molecule has 0 N–H and O–H groups in total. The van der Waals surface area contributed by atoms with Gasteiger partial charge < -0.3 is 23.4 Å². The molecule has 7 nitrogen and oxygen atoms in total. The molecule has 0 saturated carbocycles. The first-order valence-electron chi connectivity index (χ1n) is 9.91. The number of carbonyl (C=O) groups excluding carboxylic acids is 1. The van der Waals surface area contributed by atoms with Crippen LogP contribution in [0.2, 0.25) is 0 Å². The SMILES string of the molecule is CCOc1ccccc1Oc1coc2cc(OC(=O)c3ccccc3OC)ccc2c1=O. The first-order chi connectivity index (χ1) is 15.6. The number of hydrogen-bond donors (Lipinski definition) is 0. The van der Waals surface area contributed by atoms with Crippen LogP contribution in [0.3, 0.4) is 0 Å². The highest BCUT2D eigenvalue weighted by molar-refractivity contribution is 5.94. The molecule has 7 heteroatoms. The minimum atomic E-state index is -0.586. The molecule has 162 valence electrons. The van der Waals surface area contributed by atoms with Crippen LogP contribution in [-0.4, -0.2) is 19.7 Å². The van der Waals surface area contributed by atoms with E-state index in [-0.39, 0.29) is 33.5 Å². The zero-order valence-electron chi connectivity index (χ0n) is 17.5. The van der Waals surface area contributed by atoms with E-state index in [0.29, 0.717) is 23.9 Å². The molecule has 0 radical (unpaired) electrons. The van der Waals surface area contributed by atoms with Crippen molar-refractivity contribution in [3.8, 4) is 28.7 Å². The fourth-order valence-electron chi connectivity index (χ4n) is 3.13. The second-order valence-electron chi connectivity index (χ2n) is 6.66. The summed E-state index contributed by atoms with van der Waals surface area (Å²) in [5.74, 6) is 0.988. The van der Waals surface area contributed by atoms with Gasteiger partial charge in [-0.3, -0.25) is 4.79 Å². The van der Waals surface area contributed by atoms with Crippen molar-refractivity contribution >= 4 is 16.9 Å². The van der Waals surface area contributed by atoms with Crippen LogP contribution in [-0.2, 0) is 0 Å². The van der Waals surface area contributed by atoms with E-state index in [4.69, 9.17) is 23.4 Å². The summed E-state index contributed by atoms with van der Waals surface area (Å²) in [4.78, 5) is 25.4. The molecule has 4 aromatic rings. The number of fused-ring (bicyclic) bond motifs is 1. The fraction of sp³-hybridized carbons (Fsp3) is 0.120. The molecular formula is C25H20O7. The molecule has 0 amide bonds. The predicted octanol–water partition coefficient (Wildman–Crippen LogP) is 5.21. The van der Waals surface area contributed by atoms with Gasteiger partial charge in [0.2, 0.25) is 11.2 Å². The molecule has 0 saturated heterocycles. The quantitative estimate of drug-likeness (QED) is 0.293. The van der Waals surface area contributed by atoms with Gasteiger partial charge >= 0.3 is 5.97 Å². The van der Waals surface area contributed by atoms with E-state index in [0.717, 1.165) is 0 Å². The summed E-state index contributed by atoms with van der Waals surface area (Å²) in [6.45, 7) is 2.32. The Kier molecular flexibility index (Phi) is 6.07. The van der Waals surface area contributed by atoms with Crippen LogP contribution in [0.4, 0.5) is 0 Å². The number of rotatable bonds is 7. The van der Waals surface area contributed by atoms with E-state index in [1.807, 2.05) is 13.0 Å². The van der Waals surface area contributed by atoms with Crippen LogP contribution in [0.25, 0.3) is 11.0 Å². The maximum atomic E-state index is 12.9. The van der Waals surface area contributed by atoms with Gasteiger partial charge in [0.25, 0.3) is 0 Å². The molecule has 0 aliphatic rings. The van der Waals surface area contributed by atoms with Gasteiger partial charge in [0.05, 0.1) is 19.1 Å². The Morgan fingerprint density at radius 3 is 2.38 bits per heavy atom. The van der Waals surface area contributed by atoms with Crippen molar-refractivity contribution in [1.82, 2.24) is 0 Å². The third kappa shape index (κ3) is 4.27. The van der Waals surface area contributed by atoms with E-state index in [9.17, 15) is 9.59 Å². The van der Waals surface area contributed by atoms with Gasteiger partial charge in [0.1, 0.15) is 28.9 Å². The smallest absolute Gasteiger partial charge is 0.347 e. The molecule has 0 atom stereocenters. The molecule has 1 aromatic heterocycles. The highest BCUT2D eigenvalue weighted by Crippen LogP contribution is 2.31. The van der Waals surface area contributed by atoms with Crippen LogP contribution in [0, 0.1) is 0 Å². The molecule has 1 heterocycles. The number of esters is 1. The summed E-state index contributed by atoms with van der Waals surface area (Å²) in [5.41, 5.74) is 0.180. The molecular weight excluding hydrogens is 412 g/mol. The van der Waals surface area contributed by atoms with Crippen molar-refractivity contribution < 1.29 is 28.2 Å². The Morgan fingerprint density at radius 1 is 0.906 bits per heavy atom. The number of benzene rings is 3. The third-order valence-electron chi connectivity index (χ3n) is 4.62. The van der Waals surface area contributed by atoms with Gasteiger partial charge in [-0.25, -0.2) is 4.79 Å². The van der Waals surface area contributed by atoms with Gasteiger partial charge in [-0.1, -0.05) is 24.3 Å². The third-order valence-corrected chi connectivity index (χ3v) is 4.62. The van der Waals surface area contributed by atoms with E-state index in [1.54, 1.807) is 42.5 Å². The first kappa shape index (κ1) is 21.0. The Bertz CT molecular complexity index is 1320. The largest absolute Gasteiger partial charge is 0.496 e. The monoisotopic (exact) mass is 432 g/mol. The van der Waals surface area contributed by atoms with Crippen molar-refractivity contribution in [3.05, 3.63) is 88.8 Å². The minimum absolute atomic E-state index is 0.0171. The van der Waals surface area contributed by atoms with Crippen LogP contribution < -0.4 is 24.4 Å². The van der Waals surface area contributed by atoms with Gasteiger partial charge in [0.15, 0.2) is 11.5 Å². The molecule has 0 aliphatic heterocycles. The maximum Gasteiger partial charge on any atom is 0.347 e. The van der Waals surface area contributed by atoms with Gasteiger partial charge in [0, 0.05) is 6.07 Å². The molecule has 0 aliphatic carbocycles. The average molecular weight is 432 g/mol. The van der Waals surface area contributed by atoms with Crippen molar-refractivity contribution in [2.45, 2.75) is 6.92 Å². The standard InChI is InChI=1S/C25H20O7/c1-3-29-20-10-6-7-11-21(20)32-23-15-30-22-14-16(12-13-17(22)24(23)26)31-25(27)18-8-4-5-9-19(18)28-2/h4-15H,3H2,1-2H3. The Labute approximate surface area is 183 Å². The number of para-hydroxylation sites is 3. The summed E-state index contributed by atoms with van der Waals surface area (Å²) in [5, 5.41) is 0.286. The number of carbonyl (C=O) groups is 1. The molecule has 0 bridgehead atoms. The van der Waals surface area contributed by atoms with E-state index in [2.05, 4.69) is 0 Å². The second-order valence-corrected chi connectivity index (χ2v) is 6.66. The van der Waals surface area contributed by atoms with Gasteiger partial charge in [-0.05, 0) is 43.3 Å². The summed E-state index contributed by atoms with van der Waals surface area (Å²) >= 11 is 0. The van der Waals surface area contributed by atoms with Crippen LogP contribution in [0.15, 0.2) is 82.2 Å². The molecule has 32 heavy (non-hydrogen) atoms. The summed E-state index contributed by atoms with van der Waals surface area (Å²) in [7, 11) is 1.48. The number of hydrogen-bond acceptors (Lipinski definition) is 7. The van der Waals surface area contributed by atoms with Crippen molar-refractivity contribution in [2.24, 2.45) is 0 Å². The first-order valence-corrected chi connectivity index (χ1v) is 9.91. The van der Waals surface area contributed by atoms with E-state index < -0.39 is 5.97 Å². The summed E-state index contributed by atoms with van der Waals surface area (Å²) < 4.78 is 27.5. The lowest BCUT2D eigenvalue weighted by Crippen LogP contribution is -2.10. The lowest BCUT2D eigenvalue weighted by atomic mass is 10.2. The zero-order valence-corrected chi connectivity index (χ0v) is 17.5. The van der Waals surface area contributed by atoms with Crippen molar-refractivity contribution in [3.63, 3.8) is 0 Å². The van der Waals surface area contributed by atoms with Gasteiger partial charge in [-0.15, -0.1) is 0 Å². The molecule has 0 spiro atoms. The Hall–Kier alpha value is -4.26. The lowest BCUT2D eigenvalue weighted by Gasteiger charge is -2.11. The molecule has 0 unspecified atom stereocenters. The highest BCUT2D eigenvalue weighted by atomic mass is 16.5. The average Bonchev–Trinajstić information content (AvgIpc) is 2.82. The van der Waals surface area contributed by atoms with Crippen molar-refractivity contribution in [1.29, 1.82) is 0 Å². The van der Waals surface area contributed by atoms with E-state index >= 15 is 0 Å². The summed E-state index contributed by atoms with van der Waals surface area (Å²) in [6, 6.07) is 18.3. The topological polar surface area (TPSA) is 84.2 Å². The lowest BCUT2D eigenvalue weighted by molar-refractivity contribution is 0.0731. The van der Waals surface area contributed by atoms with Gasteiger partial charge in [-0.2, -0.15) is 0 Å². The molecule has 4 rings (SSSR count). The van der Waals surface area contributed by atoms with Crippen LogP contribution >= 0.6 is 0 Å². The Balaban J connectivity index is 1.60. The number of methoxy groups -OCH3 is 1. The summed E-state index contributed by atoms with van der Waals surface area (Å²) in [6.07, 6.45) is 1.22. The van der Waals surface area contributed by atoms with Crippen LogP contribution in [0.1, 0.15) is 17.3 Å². The fourth-order valence-corrected chi connectivity index (χ4v) is 3.13.